The van der Waals surface area contributed by atoms with Gasteiger partial charge in [0.25, 0.3) is 5.91 Å². The summed E-state index contributed by atoms with van der Waals surface area (Å²) in [7, 11) is -4.35. The highest BCUT2D eigenvalue weighted by atomic mass is 32.2. The summed E-state index contributed by atoms with van der Waals surface area (Å²) in [4.78, 5) is 15.5. The molecule has 12 heteroatoms. The summed E-state index contributed by atoms with van der Waals surface area (Å²) in [5.74, 6) is -3.31. The second-order valence-corrected chi connectivity index (χ2v) is 7.90. The molecule has 2 heterocycles. The number of hydrogen-bond acceptors (Lipinski definition) is 6. The summed E-state index contributed by atoms with van der Waals surface area (Å²) >= 11 is 0. The van der Waals surface area contributed by atoms with Crippen LogP contribution in [0.2, 0.25) is 0 Å². The first kappa shape index (κ1) is 19.3. The van der Waals surface area contributed by atoms with Gasteiger partial charge in [-0.3, -0.25) is 4.79 Å². The van der Waals surface area contributed by atoms with Crippen LogP contribution in [0.3, 0.4) is 0 Å². The van der Waals surface area contributed by atoms with Gasteiger partial charge < -0.3 is 9.67 Å². The minimum absolute atomic E-state index is 0.0485. The van der Waals surface area contributed by atoms with Crippen LogP contribution in [0.4, 0.5) is 14.5 Å². The average Bonchev–Trinajstić information content (AvgIpc) is 3.25. The van der Waals surface area contributed by atoms with Gasteiger partial charge in [-0.25, -0.2) is 22.8 Å². The Balaban J connectivity index is 1.80. The van der Waals surface area contributed by atoms with Crippen molar-refractivity contribution in [1.82, 2.24) is 14.3 Å². The molecular weight excluding hydrogens is 420 g/mol. The van der Waals surface area contributed by atoms with Crippen LogP contribution in [-0.2, 0) is 15.0 Å². The average molecular weight is 431 g/mol. The zero-order valence-electron chi connectivity index (χ0n) is 14.9. The minimum atomic E-state index is -4.35. The minimum Gasteiger partial charge on any atom is -0.506 e. The van der Waals surface area contributed by atoms with E-state index in [0.29, 0.717) is 4.31 Å². The number of nitrogens with one attached hydrogen (secondary N) is 1. The molecule has 9 nitrogen and oxygen atoms in total. The Bertz CT molecular complexity index is 1350. The van der Waals surface area contributed by atoms with Crippen LogP contribution in [0.1, 0.15) is 5.56 Å². The number of aromatic hydroxyl groups is 1. The van der Waals surface area contributed by atoms with Crippen molar-refractivity contribution in [2.45, 2.75) is 0 Å². The first-order valence-electron chi connectivity index (χ1n) is 8.30. The maximum atomic E-state index is 15.2. The number of hydrogen-bond donors (Lipinski definition) is 2. The highest BCUT2D eigenvalue weighted by Gasteiger charge is 2.38. The Labute approximate surface area is 168 Å². The summed E-state index contributed by atoms with van der Waals surface area (Å²) in [5, 5.41) is 19.0. The molecule has 0 bridgehead atoms. The Morgan fingerprint density at radius 3 is 2.67 bits per heavy atom. The Morgan fingerprint density at radius 1 is 1.23 bits per heavy atom. The third-order valence-electron chi connectivity index (χ3n) is 4.33. The second-order valence-electron chi connectivity index (χ2n) is 6.31. The number of amides is 1. The number of rotatable bonds is 3. The summed E-state index contributed by atoms with van der Waals surface area (Å²) in [6.45, 7) is -0.690. The van der Waals surface area contributed by atoms with Gasteiger partial charge in [-0.1, -0.05) is 0 Å². The van der Waals surface area contributed by atoms with E-state index < -0.39 is 45.7 Å². The number of halogens is 2. The fourth-order valence-electron chi connectivity index (χ4n) is 3.03. The lowest BCUT2D eigenvalue weighted by Gasteiger charge is -2.18. The number of carbonyl (C=O) groups excluding carboxylic acids is 1. The third-order valence-corrected chi connectivity index (χ3v) is 5.71. The topological polar surface area (TPSA) is 128 Å². The lowest BCUT2D eigenvalue weighted by atomic mass is 10.1. The molecule has 4 rings (SSSR count). The number of carbonyl (C=O) groups is 1. The van der Waals surface area contributed by atoms with E-state index in [0.717, 1.165) is 18.2 Å². The van der Waals surface area contributed by atoms with Gasteiger partial charge in [0.1, 0.15) is 23.8 Å². The second kappa shape index (κ2) is 6.82. The number of nitriles is 1. The number of phenols is 1. The highest BCUT2D eigenvalue weighted by Crippen LogP contribution is 2.38. The lowest BCUT2D eigenvalue weighted by molar-refractivity contribution is -0.117. The SMILES string of the molecule is N#Cc1cc(F)cc(-n2cnc(-c3ccc(O)c(N4CC(=O)NS4(=O)=O)c3F)c2)c1. The first-order chi connectivity index (χ1) is 14.2. The van der Waals surface area contributed by atoms with Crippen LogP contribution in [0, 0.1) is 23.0 Å². The van der Waals surface area contributed by atoms with E-state index in [1.807, 2.05) is 6.07 Å². The van der Waals surface area contributed by atoms with E-state index in [2.05, 4.69) is 4.98 Å². The quantitative estimate of drug-likeness (QED) is 0.648. The summed E-state index contributed by atoms with van der Waals surface area (Å²) < 4.78 is 56.4. The van der Waals surface area contributed by atoms with Gasteiger partial charge in [0.05, 0.1) is 29.3 Å². The van der Waals surface area contributed by atoms with Crippen molar-refractivity contribution in [3.63, 3.8) is 0 Å². The molecule has 0 unspecified atom stereocenters. The number of benzene rings is 2. The van der Waals surface area contributed by atoms with E-state index in [9.17, 15) is 22.7 Å². The van der Waals surface area contributed by atoms with Gasteiger partial charge in [-0.15, -0.1) is 0 Å². The van der Waals surface area contributed by atoms with Crippen molar-refractivity contribution in [3.8, 4) is 28.8 Å². The molecule has 2 N–H and O–H groups in total. The number of anilines is 1. The molecule has 0 aliphatic carbocycles. The molecule has 30 heavy (non-hydrogen) atoms. The number of aromatic nitrogens is 2. The van der Waals surface area contributed by atoms with Crippen molar-refractivity contribution in [2.75, 3.05) is 10.8 Å². The monoisotopic (exact) mass is 431 g/mol. The predicted octanol–water partition coefficient (Wildman–Crippen LogP) is 1.58. The van der Waals surface area contributed by atoms with E-state index in [4.69, 9.17) is 5.26 Å². The van der Waals surface area contributed by atoms with Crippen LogP contribution in [-0.4, -0.2) is 35.5 Å². The number of nitrogens with zero attached hydrogens (tertiary/aromatic N) is 4. The molecule has 3 aromatic rings. The maximum absolute atomic E-state index is 15.2. The number of imidazole rings is 1. The van der Waals surface area contributed by atoms with Gasteiger partial charge in [-0.2, -0.15) is 13.7 Å². The molecule has 152 valence electrons. The van der Waals surface area contributed by atoms with Crippen molar-refractivity contribution in [1.29, 1.82) is 5.26 Å². The summed E-state index contributed by atoms with van der Waals surface area (Å²) in [6.07, 6.45) is 2.60. The van der Waals surface area contributed by atoms with Crippen molar-refractivity contribution in [2.24, 2.45) is 0 Å². The van der Waals surface area contributed by atoms with Gasteiger partial charge >= 0.3 is 10.2 Å². The van der Waals surface area contributed by atoms with Crippen LogP contribution in [0.25, 0.3) is 16.9 Å². The summed E-state index contributed by atoms with van der Waals surface area (Å²) in [6, 6.07) is 7.69. The van der Waals surface area contributed by atoms with E-state index in [1.54, 1.807) is 4.72 Å². The summed E-state index contributed by atoms with van der Waals surface area (Å²) in [5.41, 5.74) is -0.463. The molecule has 2 aromatic carbocycles. The molecule has 1 saturated heterocycles. The van der Waals surface area contributed by atoms with Gasteiger partial charge in [0.15, 0.2) is 5.82 Å². The fraction of sp³-hybridized carbons (Fsp3) is 0.0556. The van der Waals surface area contributed by atoms with E-state index in [1.165, 1.54) is 29.2 Å². The van der Waals surface area contributed by atoms with Crippen molar-refractivity contribution in [3.05, 3.63) is 60.1 Å². The zero-order valence-corrected chi connectivity index (χ0v) is 15.7. The Hall–Kier alpha value is -3.98. The van der Waals surface area contributed by atoms with Gasteiger partial charge in [-0.05, 0) is 30.3 Å². The molecule has 0 saturated carbocycles. The molecule has 1 aromatic heterocycles. The predicted molar refractivity (Wildman–Crippen MR) is 99.7 cm³/mol. The van der Waals surface area contributed by atoms with Crippen LogP contribution >= 0.6 is 0 Å². The standard InChI is InChI=1S/C18H11F2N5O4S/c19-11-3-10(6-21)4-12(5-11)24-7-14(22-9-24)13-1-2-15(26)18(17(13)20)25-8-16(27)23-30(25,28)29/h1-5,7,9,26H,8H2,(H,23,27). The molecule has 1 aliphatic heterocycles. The van der Waals surface area contributed by atoms with Gasteiger partial charge in [0.2, 0.25) is 0 Å². The largest absolute Gasteiger partial charge is 0.506 e. The number of phenolic OH excluding ortho intramolecular Hbond substituents is 1. The van der Waals surface area contributed by atoms with Crippen molar-refractivity contribution < 1.29 is 27.1 Å². The maximum Gasteiger partial charge on any atom is 0.326 e. The van der Waals surface area contributed by atoms with Gasteiger partial charge in [0, 0.05) is 11.8 Å². The molecule has 0 atom stereocenters. The van der Waals surface area contributed by atoms with Crippen LogP contribution < -0.4 is 9.03 Å². The zero-order chi connectivity index (χ0) is 21.6. The van der Waals surface area contributed by atoms with Crippen LogP contribution in [0.15, 0.2) is 42.9 Å². The fourth-order valence-corrected chi connectivity index (χ4v) is 4.19. The Morgan fingerprint density at radius 2 is 2.00 bits per heavy atom. The molecule has 0 radical (unpaired) electrons. The highest BCUT2D eigenvalue weighted by molar-refractivity contribution is 7.92. The molecular formula is C18H11F2N5O4S. The van der Waals surface area contributed by atoms with E-state index >= 15 is 4.39 Å². The smallest absolute Gasteiger partial charge is 0.326 e. The molecule has 1 fully saturated rings. The third kappa shape index (κ3) is 3.20. The first-order valence-corrected chi connectivity index (χ1v) is 9.74. The van der Waals surface area contributed by atoms with Crippen LogP contribution in [0.5, 0.6) is 5.75 Å². The normalized spacial score (nSPS) is 15.1. The molecule has 0 spiro atoms. The molecule has 1 aliphatic rings. The van der Waals surface area contributed by atoms with E-state index in [-0.39, 0.29) is 22.5 Å². The Kier molecular flexibility index (Phi) is 4.39. The van der Waals surface area contributed by atoms with Crippen molar-refractivity contribution >= 4 is 21.8 Å². The molecule has 1 amide bonds. The lowest BCUT2D eigenvalue weighted by Crippen LogP contribution is -2.30.